The Kier molecular flexibility index (Phi) is 4.64. The van der Waals surface area contributed by atoms with Crippen LogP contribution in [-0.2, 0) is 22.6 Å². The Morgan fingerprint density at radius 3 is 2.47 bits per heavy atom. The molecule has 0 bridgehead atoms. The molecule has 2 rings (SSSR count). The molecule has 0 fully saturated rings. The van der Waals surface area contributed by atoms with Gasteiger partial charge in [0.2, 0.25) is 0 Å². The van der Waals surface area contributed by atoms with Crippen LogP contribution in [0, 0.1) is 0 Å². The summed E-state index contributed by atoms with van der Waals surface area (Å²) in [5.74, 6) is -0.388. The molecule has 1 heterocycles. The Morgan fingerprint density at radius 1 is 1.11 bits per heavy atom. The number of nitrogens with two attached hydrogens (primary N) is 1. The van der Waals surface area contributed by atoms with Crippen LogP contribution in [0.1, 0.15) is 11.1 Å². The van der Waals surface area contributed by atoms with Gasteiger partial charge in [-0.05, 0) is 29.7 Å². The Labute approximate surface area is 112 Å². The summed E-state index contributed by atoms with van der Waals surface area (Å²) in [5, 5.41) is 0. The van der Waals surface area contributed by atoms with Gasteiger partial charge in [0.1, 0.15) is 12.6 Å². The summed E-state index contributed by atoms with van der Waals surface area (Å²) in [7, 11) is 0. The first kappa shape index (κ1) is 13.2. The van der Waals surface area contributed by atoms with Crippen LogP contribution in [0.5, 0.6) is 0 Å². The summed E-state index contributed by atoms with van der Waals surface area (Å²) in [6.07, 6.45) is 3.80. The molecular formula is C15H16N2O2. The van der Waals surface area contributed by atoms with Crippen molar-refractivity contribution in [1.82, 2.24) is 4.98 Å². The minimum absolute atomic E-state index is 0.226. The number of rotatable bonds is 5. The lowest BCUT2D eigenvalue weighted by atomic mass is 10.1. The van der Waals surface area contributed by atoms with E-state index in [4.69, 9.17) is 10.5 Å². The van der Waals surface area contributed by atoms with Crippen LogP contribution < -0.4 is 5.73 Å². The molecule has 19 heavy (non-hydrogen) atoms. The van der Waals surface area contributed by atoms with Crippen LogP contribution in [0.4, 0.5) is 0 Å². The average molecular weight is 256 g/mol. The molecule has 4 nitrogen and oxygen atoms in total. The Morgan fingerprint density at radius 2 is 1.79 bits per heavy atom. The van der Waals surface area contributed by atoms with Crippen molar-refractivity contribution in [2.45, 2.75) is 19.1 Å². The summed E-state index contributed by atoms with van der Waals surface area (Å²) in [6, 6.07) is 12.6. The van der Waals surface area contributed by atoms with Gasteiger partial charge in [0.05, 0.1) is 0 Å². The first-order chi connectivity index (χ1) is 9.25. The van der Waals surface area contributed by atoms with E-state index >= 15 is 0 Å². The van der Waals surface area contributed by atoms with E-state index < -0.39 is 6.04 Å². The Bertz CT molecular complexity index is 514. The second-order valence-corrected chi connectivity index (χ2v) is 4.26. The normalized spacial score (nSPS) is 11.8. The Hall–Kier alpha value is -2.20. The van der Waals surface area contributed by atoms with Crippen LogP contribution in [0.3, 0.4) is 0 Å². The number of carbonyl (C=O) groups is 1. The maximum atomic E-state index is 11.8. The molecule has 1 aromatic carbocycles. The number of carbonyl (C=O) groups excluding carboxylic acids is 1. The molecule has 1 unspecified atom stereocenters. The molecule has 2 N–H and O–H groups in total. The van der Waals surface area contributed by atoms with E-state index in [9.17, 15) is 4.79 Å². The van der Waals surface area contributed by atoms with Crippen molar-refractivity contribution >= 4 is 5.97 Å². The van der Waals surface area contributed by atoms with E-state index in [0.717, 1.165) is 11.1 Å². The van der Waals surface area contributed by atoms with E-state index in [0.29, 0.717) is 6.42 Å². The molecule has 4 heteroatoms. The van der Waals surface area contributed by atoms with Gasteiger partial charge < -0.3 is 10.5 Å². The van der Waals surface area contributed by atoms with E-state index in [2.05, 4.69) is 4.98 Å². The van der Waals surface area contributed by atoms with Crippen molar-refractivity contribution in [2.24, 2.45) is 5.73 Å². The van der Waals surface area contributed by atoms with Crippen molar-refractivity contribution in [1.29, 1.82) is 0 Å². The van der Waals surface area contributed by atoms with E-state index in [-0.39, 0.29) is 12.6 Å². The highest BCUT2D eigenvalue weighted by atomic mass is 16.5. The summed E-state index contributed by atoms with van der Waals surface area (Å²) < 4.78 is 5.17. The molecule has 1 aromatic heterocycles. The number of pyridine rings is 1. The van der Waals surface area contributed by atoms with Gasteiger partial charge in [-0.2, -0.15) is 0 Å². The monoisotopic (exact) mass is 256 g/mol. The lowest BCUT2D eigenvalue weighted by Gasteiger charge is -2.11. The second kappa shape index (κ2) is 6.66. The third-order valence-corrected chi connectivity index (χ3v) is 2.73. The van der Waals surface area contributed by atoms with Gasteiger partial charge in [-0.3, -0.25) is 9.78 Å². The summed E-state index contributed by atoms with van der Waals surface area (Å²) >= 11 is 0. The van der Waals surface area contributed by atoms with Gasteiger partial charge in [-0.15, -0.1) is 0 Å². The van der Waals surface area contributed by atoms with E-state index in [1.54, 1.807) is 24.5 Å². The number of nitrogens with zero attached hydrogens (tertiary/aromatic N) is 1. The second-order valence-electron chi connectivity index (χ2n) is 4.26. The molecule has 0 saturated carbocycles. The molecule has 0 spiro atoms. The number of ether oxygens (including phenoxy) is 1. The number of aromatic nitrogens is 1. The van der Waals surface area contributed by atoms with E-state index in [1.165, 1.54) is 0 Å². The first-order valence-corrected chi connectivity index (χ1v) is 6.11. The van der Waals surface area contributed by atoms with Crippen LogP contribution in [-0.4, -0.2) is 17.0 Å². The number of hydrogen-bond donors (Lipinski definition) is 1. The summed E-state index contributed by atoms with van der Waals surface area (Å²) in [5.41, 5.74) is 7.75. The zero-order valence-electron chi connectivity index (χ0n) is 10.5. The summed E-state index contributed by atoms with van der Waals surface area (Å²) in [4.78, 5) is 15.7. The van der Waals surface area contributed by atoms with Crippen molar-refractivity contribution in [3.05, 3.63) is 66.0 Å². The quantitative estimate of drug-likeness (QED) is 0.827. The molecule has 0 amide bonds. The lowest BCUT2D eigenvalue weighted by molar-refractivity contribution is -0.146. The van der Waals surface area contributed by atoms with Gasteiger partial charge in [0.15, 0.2) is 0 Å². The third kappa shape index (κ3) is 4.19. The zero-order valence-corrected chi connectivity index (χ0v) is 10.5. The molecule has 0 saturated heterocycles. The first-order valence-electron chi connectivity index (χ1n) is 6.11. The predicted molar refractivity (Wildman–Crippen MR) is 72.2 cm³/mol. The molecule has 98 valence electrons. The number of esters is 1. The molecular weight excluding hydrogens is 240 g/mol. The molecule has 0 radical (unpaired) electrons. The fourth-order valence-corrected chi connectivity index (χ4v) is 1.69. The van der Waals surface area contributed by atoms with Crippen molar-refractivity contribution in [2.75, 3.05) is 0 Å². The molecule has 0 aliphatic carbocycles. The molecule has 0 aliphatic heterocycles. The van der Waals surface area contributed by atoms with Crippen molar-refractivity contribution in [3.63, 3.8) is 0 Å². The molecule has 1 atom stereocenters. The fourth-order valence-electron chi connectivity index (χ4n) is 1.69. The maximum absolute atomic E-state index is 11.8. The third-order valence-electron chi connectivity index (χ3n) is 2.73. The van der Waals surface area contributed by atoms with Crippen LogP contribution in [0.2, 0.25) is 0 Å². The predicted octanol–water partition coefficient (Wildman–Crippen LogP) is 1.69. The van der Waals surface area contributed by atoms with Crippen LogP contribution in [0.15, 0.2) is 54.9 Å². The molecule has 0 aliphatic rings. The van der Waals surface area contributed by atoms with Gasteiger partial charge in [0.25, 0.3) is 0 Å². The largest absolute Gasteiger partial charge is 0.460 e. The van der Waals surface area contributed by atoms with Crippen molar-refractivity contribution < 1.29 is 9.53 Å². The highest BCUT2D eigenvalue weighted by molar-refractivity contribution is 5.75. The van der Waals surface area contributed by atoms with E-state index in [1.807, 2.05) is 30.3 Å². The van der Waals surface area contributed by atoms with Gasteiger partial charge >= 0.3 is 5.97 Å². The standard InChI is InChI=1S/C15H16N2O2/c16-14(10-12-4-2-1-3-5-12)15(18)19-11-13-6-8-17-9-7-13/h1-9,14H,10-11,16H2. The Balaban J connectivity index is 1.83. The van der Waals surface area contributed by atoms with Crippen LogP contribution in [0.25, 0.3) is 0 Å². The maximum Gasteiger partial charge on any atom is 0.323 e. The van der Waals surface area contributed by atoms with Gasteiger partial charge in [0, 0.05) is 12.4 Å². The topological polar surface area (TPSA) is 65.2 Å². The highest BCUT2D eigenvalue weighted by Gasteiger charge is 2.15. The minimum Gasteiger partial charge on any atom is -0.460 e. The zero-order chi connectivity index (χ0) is 13.5. The number of benzene rings is 1. The minimum atomic E-state index is -0.635. The molecule has 2 aromatic rings. The average Bonchev–Trinajstić information content (AvgIpc) is 2.47. The fraction of sp³-hybridized carbons (Fsp3) is 0.200. The van der Waals surface area contributed by atoms with Gasteiger partial charge in [-0.1, -0.05) is 30.3 Å². The highest BCUT2D eigenvalue weighted by Crippen LogP contribution is 2.05. The smallest absolute Gasteiger partial charge is 0.323 e. The SMILES string of the molecule is NC(Cc1ccccc1)C(=O)OCc1ccncc1. The van der Waals surface area contributed by atoms with Crippen molar-refractivity contribution in [3.8, 4) is 0 Å². The summed E-state index contributed by atoms with van der Waals surface area (Å²) in [6.45, 7) is 0.226. The van der Waals surface area contributed by atoms with Crippen LogP contribution >= 0.6 is 0 Å². The number of hydrogen-bond acceptors (Lipinski definition) is 4. The van der Waals surface area contributed by atoms with Gasteiger partial charge in [-0.25, -0.2) is 0 Å². The lowest BCUT2D eigenvalue weighted by Crippen LogP contribution is -2.34.